The third-order valence-corrected chi connectivity index (χ3v) is 2.07. The van der Waals surface area contributed by atoms with Crippen LogP contribution in [0.15, 0.2) is 18.2 Å². The number of aryl methyl sites for hydroxylation is 1. The number of ether oxygens (including phenoxy) is 2. The summed E-state index contributed by atoms with van der Waals surface area (Å²) < 4.78 is 44.1. The topological polar surface area (TPSA) is 44.5 Å². The maximum atomic E-state index is 11.8. The number of hydrogen-bond donors (Lipinski definition) is 1. The summed E-state index contributed by atoms with van der Waals surface area (Å²) in [6.07, 6.45) is -4.64. The highest BCUT2D eigenvalue weighted by Crippen LogP contribution is 2.20. The standard InChI is InChI=1S/C13H14F3NO2/c1-10-4-5-12(11(9-10)3-2-6-17)18-7-8-19-13(14,15)16/h4-5,9H,6-8,17H2,1H3. The Bertz CT molecular complexity index is 475. The van der Waals surface area contributed by atoms with Crippen LogP contribution in [0.1, 0.15) is 11.1 Å². The van der Waals surface area contributed by atoms with Gasteiger partial charge in [-0.05, 0) is 24.6 Å². The molecule has 0 atom stereocenters. The molecule has 1 aromatic rings. The van der Waals surface area contributed by atoms with Crippen LogP contribution in [0, 0.1) is 18.8 Å². The highest BCUT2D eigenvalue weighted by molar-refractivity contribution is 5.48. The zero-order chi connectivity index (χ0) is 14.3. The first-order valence-corrected chi connectivity index (χ1v) is 5.55. The molecule has 6 heteroatoms. The van der Waals surface area contributed by atoms with E-state index in [1.807, 2.05) is 6.92 Å². The Morgan fingerprint density at radius 3 is 2.63 bits per heavy atom. The van der Waals surface area contributed by atoms with E-state index in [1.165, 1.54) is 0 Å². The minimum Gasteiger partial charge on any atom is -0.490 e. The average molecular weight is 273 g/mol. The fraction of sp³-hybridized carbons (Fsp3) is 0.385. The van der Waals surface area contributed by atoms with Crippen molar-refractivity contribution in [1.82, 2.24) is 0 Å². The first-order valence-electron chi connectivity index (χ1n) is 5.55. The maximum absolute atomic E-state index is 11.8. The molecule has 2 N–H and O–H groups in total. The minimum atomic E-state index is -4.64. The minimum absolute atomic E-state index is 0.199. The van der Waals surface area contributed by atoms with Crippen molar-refractivity contribution >= 4 is 0 Å². The molecular weight excluding hydrogens is 259 g/mol. The van der Waals surface area contributed by atoms with Gasteiger partial charge in [-0.25, -0.2) is 0 Å². The number of alkyl halides is 3. The van der Waals surface area contributed by atoms with Gasteiger partial charge in [-0.3, -0.25) is 4.74 Å². The summed E-state index contributed by atoms with van der Waals surface area (Å²) in [6.45, 7) is 1.30. The van der Waals surface area contributed by atoms with Crippen molar-refractivity contribution in [2.45, 2.75) is 13.3 Å². The molecule has 1 aromatic carbocycles. The molecule has 0 amide bonds. The van der Waals surface area contributed by atoms with E-state index >= 15 is 0 Å². The molecule has 0 aliphatic rings. The van der Waals surface area contributed by atoms with Gasteiger partial charge < -0.3 is 10.5 Å². The van der Waals surface area contributed by atoms with Crippen molar-refractivity contribution in [3.8, 4) is 17.6 Å². The number of rotatable bonds is 4. The first kappa shape index (κ1) is 15.3. The van der Waals surface area contributed by atoms with Crippen LogP contribution >= 0.6 is 0 Å². The molecule has 0 bridgehead atoms. The summed E-state index contributed by atoms with van der Waals surface area (Å²) in [6, 6.07) is 5.22. The summed E-state index contributed by atoms with van der Waals surface area (Å²) in [5.41, 5.74) is 6.84. The van der Waals surface area contributed by atoms with E-state index in [4.69, 9.17) is 10.5 Å². The van der Waals surface area contributed by atoms with Crippen LogP contribution in [-0.2, 0) is 4.74 Å². The van der Waals surface area contributed by atoms with Crippen molar-refractivity contribution in [2.75, 3.05) is 19.8 Å². The zero-order valence-corrected chi connectivity index (χ0v) is 10.4. The van der Waals surface area contributed by atoms with Crippen LogP contribution in [0.2, 0.25) is 0 Å². The van der Waals surface area contributed by atoms with Crippen molar-refractivity contribution in [2.24, 2.45) is 5.73 Å². The lowest BCUT2D eigenvalue weighted by molar-refractivity contribution is -0.325. The van der Waals surface area contributed by atoms with Crippen LogP contribution in [-0.4, -0.2) is 26.1 Å². The van der Waals surface area contributed by atoms with E-state index in [0.29, 0.717) is 11.3 Å². The van der Waals surface area contributed by atoms with E-state index in [-0.39, 0.29) is 13.2 Å². The van der Waals surface area contributed by atoms with Crippen molar-refractivity contribution in [1.29, 1.82) is 0 Å². The second-order valence-corrected chi connectivity index (χ2v) is 3.65. The molecule has 3 nitrogen and oxygen atoms in total. The Morgan fingerprint density at radius 2 is 2.00 bits per heavy atom. The van der Waals surface area contributed by atoms with E-state index in [1.54, 1.807) is 18.2 Å². The van der Waals surface area contributed by atoms with E-state index in [9.17, 15) is 13.2 Å². The SMILES string of the molecule is Cc1ccc(OCCOC(F)(F)F)c(C#CCN)c1. The van der Waals surface area contributed by atoms with Gasteiger partial charge in [0.15, 0.2) is 0 Å². The number of hydrogen-bond acceptors (Lipinski definition) is 3. The molecule has 0 fully saturated rings. The van der Waals surface area contributed by atoms with E-state index < -0.39 is 13.0 Å². The summed E-state index contributed by atoms with van der Waals surface area (Å²) in [4.78, 5) is 0. The summed E-state index contributed by atoms with van der Waals surface area (Å²) >= 11 is 0. The Hall–Kier alpha value is -1.71. The van der Waals surface area contributed by atoms with Crippen LogP contribution in [0.3, 0.4) is 0 Å². The predicted octanol–water partition coefficient (Wildman–Crippen LogP) is 2.22. The molecule has 0 saturated heterocycles. The molecule has 0 unspecified atom stereocenters. The maximum Gasteiger partial charge on any atom is 0.522 e. The first-order chi connectivity index (χ1) is 8.92. The Kier molecular flexibility index (Phi) is 5.67. The molecule has 0 aliphatic carbocycles. The lowest BCUT2D eigenvalue weighted by Gasteiger charge is -2.10. The fourth-order valence-electron chi connectivity index (χ4n) is 1.32. The molecule has 1 rings (SSSR count). The Labute approximate surface area is 109 Å². The largest absolute Gasteiger partial charge is 0.522 e. The molecule has 0 aromatic heterocycles. The number of halogens is 3. The van der Waals surface area contributed by atoms with E-state index in [2.05, 4.69) is 16.6 Å². The van der Waals surface area contributed by atoms with Gasteiger partial charge in [0.05, 0.1) is 18.7 Å². The van der Waals surface area contributed by atoms with Crippen molar-refractivity contribution in [3.05, 3.63) is 29.3 Å². The normalized spacial score (nSPS) is 10.8. The van der Waals surface area contributed by atoms with Gasteiger partial charge >= 0.3 is 6.36 Å². The average Bonchev–Trinajstić information content (AvgIpc) is 2.32. The van der Waals surface area contributed by atoms with Gasteiger partial charge in [0.25, 0.3) is 0 Å². The van der Waals surface area contributed by atoms with Gasteiger partial charge in [0, 0.05) is 0 Å². The van der Waals surface area contributed by atoms with Gasteiger partial charge in [-0.15, -0.1) is 13.2 Å². The van der Waals surface area contributed by atoms with Crippen LogP contribution in [0.25, 0.3) is 0 Å². The van der Waals surface area contributed by atoms with Gasteiger partial charge in [-0.1, -0.05) is 17.9 Å². The van der Waals surface area contributed by atoms with Crippen LogP contribution < -0.4 is 10.5 Å². The summed E-state index contributed by atoms with van der Waals surface area (Å²) in [5.74, 6) is 5.90. The smallest absolute Gasteiger partial charge is 0.490 e. The number of nitrogens with two attached hydrogens (primary N) is 1. The molecule has 0 aliphatic heterocycles. The lowest BCUT2D eigenvalue weighted by atomic mass is 10.1. The molecule has 19 heavy (non-hydrogen) atoms. The second kappa shape index (κ2) is 7.02. The predicted molar refractivity (Wildman–Crippen MR) is 64.6 cm³/mol. The van der Waals surface area contributed by atoms with Gasteiger partial charge in [-0.2, -0.15) is 0 Å². The van der Waals surface area contributed by atoms with Crippen molar-refractivity contribution < 1.29 is 22.6 Å². The molecular formula is C13H14F3NO2. The second-order valence-electron chi connectivity index (χ2n) is 3.65. The quantitative estimate of drug-likeness (QED) is 0.676. The van der Waals surface area contributed by atoms with E-state index in [0.717, 1.165) is 5.56 Å². The Balaban J connectivity index is 2.62. The van der Waals surface area contributed by atoms with Crippen LogP contribution in [0.4, 0.5) is 13.2 Å². The molecule has 0 heterocycles. The van der Waals surface area contributed by atoms with Gasteiger partial charge in [0.2, 0.25) is 0 Å². The summed E-state index contributed by atoms with van der Waals surface area (Å²) in [7, 11) is 0. The lowest BCUT2D eigenvalue weighted by Crippen LogP contribution is -2.18. The molecule has 0 radical (unpaired) electrons. The highest BCUT2D eigenvalue weighted by Gasteiger charge is 2.28. The molecule has 0 spiro atoms. The summed E-state index contributed by atoms with van der Waals surface area (Å²) in [5, 5.41) is 0. The fourth-order valence-corrected chi connectivity index (χ4v) is 1.32. The zero-order valence-electron chi connectivity index (χ0n) is 10.4. The molecule has 0 saturated carbocycles. The highest BCUT2D eigenvalue weighted by atomic mass is 19.4. The monoisotopic (exact) mass is 273 g/mol. The Morgan fingerprint density at radius 1 is 1.26 bits per heavy atom. The van der Waals surface area contributed by atoms with Crippen molar-refractivity contribution in [3.63, 3.8) is 0 Å². The third kappa shape index (κ3) is 6.13. The van der Waals surface area contributed by atoms with Crippen LogP contribution in [0.5, 0.6) is 5.75 Å². The third-order valence-electron chi connectivity index (χ3n) is 2.07. The number of benzene rings is 1. The van der Waals surface area contributed by atoms with Gasteiger partial charge in [0.1, 0.15) is 12.4 Å². The molecule has 104 valence electrons.